The maximum atomic E-state index is 1.62. The zero-order chi connectivity index (χ0) is 9.43. The third-order valence-corrected chi connectivity index (χ3v) is 5.21. The van der Waals surface area contributed by atoms with Gasteiger partial charge in [0.1, 0.15) is 0 Å². The summed E-state index contributed by atoms with van der Waals surface area (Å²) >= 11 is 0. The second-order valence-corrected chi connectivity index (χ2v) is 6.23. The van der Waals surface area contributed by atoms with Crippen molar-refractivity contribution in [3.8, 4) is 0 Å². The molecule has 3 atom stereocenters. The lowest BCUT2D eigenvalue weighted by Gasteiger charge is -2.15. The molecule has 0 saturated heterocycles. The molecule has 3 aliphatic rings. The third-order valence-electron chi connectivity index (χ3n) is 5.21. The average molecular weight is 192 g/mol. The van der Waals surface area contributed by atoms with E-state index in [9.17, 15) is 0 Å². The molecule has 0 N–H and O–H groups in total. The highest BCUT2D eigenvalue weighted by Gasteiger charge is 2.58. The lowest BCUT2D eigenvalue weighted by Crippen LogP contribution is -2.03. The van der Waals surface area contributed by atoms with Crippen LogP contribution in [0.15, 0.2) is 0 Å². The van der Waals surface area contributed by atoms with Crippen LogP contribution in [0.3, 0.4) is 0 Å². The Labute approximate surface area is 88.5 Å². The molecule has 0 radical (unpaired) electrons. The van der Waals surface area contributed by atoms with Crippen LogP contribution in [0, 0.1) is 17.3 Å². The van der Waals surface area contributed by atoms with Gasteiger partial charge in [-0.05, 0) is 42.9 Å². The molecule has 0 heteroatoms. The highest BCUT2D eigenvalue weighted by molar-refractivity contribution is 5.08. The van der Waals surface area contributed by atoms with Crippen molar-refractivity contribution >= 4 is 0 Å². The van der Waals surface area contributed by atoms with Crippen LogP contribution in [0.5, 0.6) is 0 Å². The first-order chi connectivity index (χ1) is 6.89. The van der Waals surface area contributed by atoms with Gasteiger partial charge in [-0.1, -0.05) is 44.9 Å². The van der Waals surface area contributed by atoms with Crippen LogP contribution >= 0.6 is 0 Å². The van der Waals surface area contributed by atoms with E-state index < -0.39 is 0 Å². The lowest BCUT2D eigenvalue weighted by molar-refractivity contribution is 0.365. The van der Waals surface area contributed by atoms with E-state index in [2.05, 4.69) is 0 Å². The van der Waals surface area contributed by atoms with Gasteiger partial charge in [0.15, 0.2) is 0 Å². The summed E-state index contributed by atoms with van der Waals surface area (Å²) in [5.74, 6) is 2.33. The van der Waals surface area contributed by atoms with Crippen molar-refractivity contribution in [3.63, 3.8) is 0 Å². The van der Waals surface area contributed by atoms with Gasteiger partial charge >= 0.3 is 0 Å². The Morgan fingerprint density at radius 2 is 1.57 bits per heavy atom. The van der Waals surface area contributed by atoms with Gasteiger partial charge in [-0.3, -0.25) is 0 Å². The van der Waals surface area contributed by atoms with Crippen molar-refractivity contribution in [2.75, 3.05) is 0 Å². The monoisotopic (exact) mass is 192 g/mol. The Morgan fingerprint density at radius 3 is 2.50 bits per heavy atom. The fourth-order valence-electron chi connectivity index (χ4n) is 4.32. The zero-order valence-corrected chi connectivity index (χ0v) is 9.43. The molecule has 0 heterocycles. The number of fused-ring (bicyclic) bond motifs is 1. The molecule has 0 aromatic rings. The minimum Gasteiger partial charge on any atom is -0.0533 e. The van der Waals surface area contributed by atoms with Crippen molar-refractivity contribution < 1.29 is 0 Å². The topological polar surface area (TPSA) is 0 Å². The Kier molecular flexibility index (Phi) is 2.34. The minimum absolute atomic E-state index is 0.912. The molecule has 1 spiro atoms. The summed E-state index contributed by atoms with van der Waals surface area (Å²) < 4.78 is 0. The largest absolute Gasteiger partial charge is 0.0533 e. The molecule has 0 aliphatic heterocycles. The second kappa shape index (κ2) is 3.54. The van der Waals surface area contributed by atoms with Crippen molar-refractivity contribution in [1.82, 2.24) is 0 Å². The number of hydrogen-bond acceptors (Lipinski definition) is 0. The van der Waals surface area contributed by atoms with Gasteiger partial charge in [-0.15, -0.1) is 0 Å². The molecular weight excluding hydrogens is 168 g/mol. The smallest absolute Gasteiger partial charge is 0.0263 e. The predicted molar refractivity (Wildman–Crippen MR) is 60.2 cm³/mol. The van der Waals surface area contributed by atoms with Gasteiger partial charge in [0.25, 0.3) is 0 Å². The second-order valence-electron chi connectivity index (χ2n) is 6.23. The van der Waals surface area contributed by atoms with Crippen molar-refractivity contribution in [1.29, 1.82) is 0 Å². The van der Waals surface area contributed by atoms with E-state index in [-0.39, 0.29) is 0 Å². The third kappa shape index (κ3) is 1.61. The van der Waals surface area contributed by atoms with Crippen LogP contribution in [0.2, 0.25) is 0 Å². The van der Waals surface area contributed by atoms with Gasteiger partial charge in [0, 0.05) is 0 Å². The normalized spacial score (nSPS) is 48.0. The van der Waals surface area contributed by atoms with E-state index in [1.165, 1.54) is 38.0 Å². The van der Waals surface area contributed by atoms with E-state index in [0.29, 0.717) is 0 Å². The first kappa shape index (κ1) is 9.24. The summed E-state index contributed by atoms with van der Waals surface area (Å²) in [6.07, 6.45) is 17.2. The van der Waals surface area contributed by atoms with Gasteiger partial charge in [0.2, 0.25) is 0 Å². The predicted octanol–water partition coefficient (Wildman–Crippen LogP) is 4.54. The Bertz CT molecular complexity index is 208. The standard InChI is InChI=1S/C14H24/c1-2-4-6-8-14-10-12(7-5-3-1)9-13(14)11-14/h12-13H,1-11H2/t12?,13-,14?/m1/s1. The highest BCUT2D eigenvalue weighted by atomic mass is 14.6. The Hall–Kier alpha value is 0. The fraction of sp³-hybridized carbons (Fsp3) is 1.00. The van der Waals surface area contributed by atoms with E-state index in [0.717, 1.165) is 11.3 Å². The van der Waals surface area contributed by atoms with Gasteiger partial charge < -0.3 is 0 Å². The van der Waals surface area contributed by atoms with Crippen LogP contribution in [0.25, 0.3) is 0 Å². The number of rotatable bonds is 0. The molecule has 0 nitrogen and oxygen atoms in total. The molecule has 2 bridgehead atoms. The lowest BCUT2D eigenvalue weighted by atomic mass is 9.90. The molecule has 14 heavy (non-hydrogen) atoms. The Morgan fingerprint density at radius 1 is 0.786 bits per heavy atom. The first-order valence-corrected chi connectivity index (χ1v) is 6.89. The summed E-state index contributed by atoms with van der Waals surface area (Å²) in [7, 11) is 0. The molecule has 2 unspecified atom stereocenters. The minimum atomic E-state index is 0.912. The highest BCUT2D eigenvalue weighted by Crippen LogP contribution is 2.68. The van der Waals surface area contributed by atoms with Crippen LogP contribution < -0.4 is 0 Å². The van der Waals surface area contributed by atoms with Crippen LogP contribution in [-0.2, 0) is 0 Å². The SMILES string of the molecule is C1CCCCC23CC(CCC1)C[C@@H]2C3. The van der Waals surface area contributed by atoms with Crippen molar-refractivity contribution in [2.45, 2.75) is 70.6 Å². The molecule has 0 amide bonds. The molecule has 0 aromatic heterocycles. The van der Waals surface area contributed by atoms with Crippen LogP contribution in [0.4, 0.5) is 0 Å². The Balaban J connectivity index is 1.62. The summed E-state index contributed by atoms with van der Waals surface area (Å²) in [5, 5.41) is 0. The van der Waals surface area contributed by atoms with E-state index in [4.69, 9.17) is 0 Å². The molecule has 3 aliphatic carbocycles. The molecular formula is C14H24. The molecule has 3 rings (SSSR count). The molecule has 3 saturated carbocycles. The number of hydrogen-bond donors (Lipinski definition) is 0. The van der Waals surface area contributed by atoms with Gasteiger partial charge in [-0.2, -0.15) is 0 Å². The van der Waals surface area contributed by atoms with E-state index >= 15 is 0 Å². The summed E-state index contributed by atoms with van der Waals surface area (Å²) in [5.41, 5.74) is 0.912. The van der Waals surface area contributed by atoms with E-state index in [1.54, 1.807) is 38.5 Å². The van der Waals surface area contributed by atoms with E-state index in [1.807, 2.05) is 0 Å². The van der Waals surface area contributed by atoms with Crippen molar-refractivity contribution in [3.05, 3.63) is 0 Å². The molecule has 3 fully saturated rings. The van der Waals surface area contributed by atoms with Gasteiger partial charge in [0.05, 0.1) is 0 Å². The molecule has 0 aromatic carbocycles. The summed E-state index contributed by atoms with van der Waals surface area (Å²) in [4.78, 5) is 0. The maximum absolute atomic E-state index is 1.62. The van der Waals surface area contributed by atoms with Crippen LogP contribution in [-0.4, -0.2) is 0 Å². The first-order valence-electron chi connectivity index (χ1n) is 6.89. The average Bonchev–Trinajstić information content (AvgIpc) is 2.74. The van der Waals surface area contributed by atoms with Crippen molar-refractivity contribution in [2.24, 2.45) is 17.3 Å². The van der Waals surface area contributed by atoms with Crippen LogP contribution in [0.1, 0.15) is 70.6 Å². The quantitative estimate of drug-likeness (QED) is 0.528. The zero-order valence-electron chi connectivity index (χ0n) is 9.43. The van der Waals surface area contributed by atoms with Gasteiger partial charge in [-0.25, -0.2) is 0 Å². The molecule has 80 valence electrons. The summed E-state index contributed by atoms with van der Waals surface area (Å²) in [6.45, 7) is 0. The maximum Gasteiger partial charge on any atom is -0.0263 e. The summed E-state index contributed by atoms with van der Waals surface area (Å²) in [6, 6.07) is 0. The fourth-order valence-corrected chi connectivity index (χ4v) is 4.32.